The molecule has 0 aliphatic carbocycles. The van der Waals surface area contributed by atoms with E-state index in [4.69, 9.17) is 4.74 Å². The number of benzene rings is 1. The Morgan fingerprint density at radius 2 is 2.12 bits per heavy atom. The van der Waals surface area contributed by atoms with E-state index in [1.54, 1.807) is 0 Å². The standard InChI is InChI=1S/C18H25N3O3/c1-13-3-2-4-15-16(13)14(11-20-15)5-8-19-17(22)21-12-18(23)6-9-24-10-7-18/h2-4,11,20,23H,5-10,12H2,1H3,(H2,19,21,22). The van der Waals surface area contributed by atoms with Gasteiger partial charge in [0.25, 0.3) is 0 Å². The molecule has 0 radical (unpaired) electrons. The van der Waals surface area contributed by atoms with Crippen molar-refractivity contribution in [2.75, 3.05) is 26.3 Å². The topological polar surface area (TPSA) is 86.4 Å². The fraction of sp³-hybridized carbons (Fsp3) is 0.500. The average Bonchev–Trinajstić information content (AvgIpc) is 2.98. The largest absolute Gasteiger partial charge is 0.388 e. The van der Waals surface area contributed by atoms with Crippen molar-refractivity contribution in [1.82, 2.24) is 15.6 Å². The monoisotopic (exact) mass is 331 g/mol. The number of H-pyrrole nitrogens is 1. The molecule has 2 amide bonds. The molecule has 130 valence electrons. The Hall–Kier alpha value is -2.05. The summed E-state index contributed by atoms with van der Waals surface area (Å²) in [6.45, 7) is 3.98. The van der Waals surface area contributed by atoms with E-state index >= 15 is 0 Å². The summed E-state index contributed by atoms with van der Waals surface area (Å²) >= 11 is 0. The van der Waals surface area contributed by atoms with Gasteiger partial charge in [-0.05, 0) is 30.5 Å². The summed E-state index contributed by atoms with van der Waals surface area (Å²) in [4.78, 5) is 15.2. The van der Waals surface area contributed by atoms with Crippen LogP contribution in [0.25, 0.3) is 10.9 Å². The molecule has 1 saturated heterocycles. The molecule has 1 fully saturated rings. The van der Waals surface area contributed by atoms with E-state index in [1.807, 2.05) is 12.3 Å². The highest BCUT2D eigenvalue weighted by atomic mass is 16.5. The van der Waals surface area contributed by atoms with E-state index in [-0.39, 0.29) is 12.6 Å². The summed E-state index contributed by atoms with van der Waals surface area (Å²) in [5.74, 6) is 0. The van der Waals surface area contributed by atoms with Gasteiger partial charge in [-0.1, -0.05) is 12.1 Å². The molecule has 4 N–H and O–H groups in total. The number of hydrogen-bond acceptors (Lipinski definition) is 3. The van der Waals surface area contributed by atoms with Crippen LogP contribution in [-0.2, 0) is 11.2 Å². The maximum Gasteiger partial charge on any atom is 0.314 e. The highest BCUT2D eigenvalue weighted by Crippen LogP contribution is 2.22. The van der Waals surface area contributed by atoms with Crippen molar-refractivity contribution in [1.29, 1.82) is 0 Å². The summed E-state index contributed by atoms with van der Waals surface area (Å²) in [5.41, 5.74) is 2.71. The van der Waals surface area contributed by atoms with Crippen molar-refractivity contribution in [2.45, 2.75) is 31.8 Å². The minimum Gasteiger partial charge on any atom is -0.388 e. The normalized spacial score (nSPS) is 16.9. The lowest BCUT2D eigenvalue weighted by Crippen LogP contribution is -2.49. The second-order valence-corrected chi connectivity index (χ2v) is 6.51. The molecule has 1 aliphatic rings. The van der Waals surface area contributed by atoms with Gasteiger partial charge in [-0.15, -0.1) is 0 Å². The third-order valence-electron chi connectivity index (χ3n) is 4.68. The number of hydrogen-bond donors (Lipinski definition) is 4. The Morgan fingerprint density at radius 3 is 2.92 bits per heavy atom. The van der Waals surface area contributed by atoms with Crippen LogP contribution in [0.15, 0.2) is 24.4 Å². The molecule has 2 heterocycles. The van der Waals surface area contributed by atoms with E-state index in [0.717, 1.165) is 11.9 Å². The number of carbonyl (C=O) groups is 1. The fourth-order valence-corrected chi connectivity index (χ4v) is 3.19. The number of fused-ring (bicyclic) bond motifs is 1. The lowest BCUT2D eigenvalue weighted by Gasteiger charge is -2.32. The van der Waals surface area contributed by atoms with E-state index in [2.05, 4.69) is 34.7 Å². The Kier molecular flexibility index (Phi) is 5.06. The summed E-state index contributed by atoms with van der Waals surface area (Å²) < 4.78 is 5.23. The van der Waals surface area contributed by atoms with Crippen LogP contribution in [-0.4, -0.2) is 48.0 Å². The molecule has 1 aliphatic heterocycles. The van der Waals surface area contributed by atoms with Crippen LogP contribution in [0.1, 0.15) is 24.0 Å². The molecular formula is C18H25N3O3. The van der Waals surface area contributed by atoms with E-state index in [0.29, 0.717) is 32.6 Å². The van der Waals surface area contributed by atoms with Crippen molar-refractivity contribution < 1.29 is 14.6 Å². The highest BCUT2D eigenvalue weighted by molar-refractivity contribution is 5.86. The molecule has 1 aromatic carbocycles. The van der Waals surface area contributed by atoms with Gasteiger partial charge in [0.1, 0.15) is 0 Å². The number of rotatable bonds is 5. The van der Waals surface area contributed by atoms with Crippen LogP contribution in [0.3, 0.4) is 0 Å². The first-order chi connectivity index (χ1) is 11.6. The zero-order valence-electron chi connectivity index (χ0n) is 14.0. The van der Waals surface area contributed by atoms with Crippen molar-refractivity contribution in [3.8, 4) is 0 Å². The quantitative estimate of drug-likeness (QED) is 0.674. The molecule has 0 bridgehead atoms. The number of nitrogens with one attached hydrogen (secondary N) is 3. The van der Waals surface area contributed by atoms with Crippen LogP contribution in [0.5, 0.6) is 0 Å². The minimum atomic E-state index is -0.844. The number of aryl methyl sites for hydroxylation is 1. The van der Waals surface area contributed by atoms with Gasteiger partial charge in [0.15, 0.2) is 0 Å². The van der Waals surface area contributed by atoms with Gasteiger partial charge in [-0.2, -0.15) is 0 Å². The Balaban J connectivity index is 1.46. The van der Waals surface area contributed by atoms with Gasteiger partial charge < -0.3 is 25.5 Å². The molecule has 6 nitrogen and oxygen atoms in total. The third-order valence-corrected chi connectivity index (χ3v) is 4.68. The van der Waals surface area contributed by atoms with Crippen molar-refractivity contribution >= 4 is 16.9 Å². The molecule has 3 rings (SSSR count). The molecule has 0 saturated carbocycles. The van der Waals surface area contributed by atoms with Crippen LogP contribution < -0.4 is 10.6 Å². The predicted molar refractivity (Wildman–Crippen MR) is 93.1 cm³/mol. The maximum atomic E-state index is 11.9. The van der Waals surface area contributed by atoms with Gasteiger partial charge in [-0.25, -0.2) is 4.79 Å². The molecule has 24 heavy (non-hydrogen) atoms. The number of amides is 2. The molecular weight excluding hydrogens is 306 g/mol. The first-order valence-electron chi connectivity index (χ1n) is 8.45. The number of aromatic nitrogens is 1. The van der Waals surface area contributed by atoms with Crippen molar-refractivity contribution in [3.05, 3.63) is 35.5 Å². The Bertz CT molecular complexity index is 705. The summed E-state index contributed by atoms with van der Waals surface area (Å²) in [6.07, 6.45) is 3.88. The fourth-order valence-electron chi connectivity index (χ4n) is 3.19. The summed E-state index contributed by atoms with van der Waals surface area (Å²) in [7, 11) is 0. The minimum absolute atomic E-state index is 0.244. The summed E-state index contributed by atoms with van der Waals surface area (Å²) in [6, 6.07) is 5.94. The lowest BCUT2D eigenvalue weighted by molar-refractivity contribution is -0.0600. The van der Waals surface area contributed by atoms with E-state index in [1.165, 1.54) is 16.5 Å². The van der Waals surface area contributed by atoms with Crippen molar-refractivity contribution in [3.63, 3.8) is 0 Å². The smallest absolute Gasteiger partial charge is 0.314 e. The van der Waals surface area contributed by atoms with Gasteiger partial charge >= 0.3 is 6.03 Å². The number of aromatic amines is 1. The van der Waals surface area contributed by atoms with Crippen LogP contribution in [0.2, 0.25) is 0 Å². The van der Waals surface area contributed by atoms with Gasteiger partial charge in [0, 0.05) is 56.2 Å². The average molecular weight is 331 g/mol. The molecule has 1 aromatic heterocycles. The van der Waals surface area contributed by atoms with Crippen LogP contribution in [0.4, 0.5) is 4.79 Å². The Morgan fingerprint density at radius 1 is 1.33 bits per heavy atom. The van der Waals surface area contributed by atoms with Crippen LogP contribution >= 0.6 is 0 Å². The first-order valence-corrected chi connectivity index (χ1v) is 8.45. The number of ether oxygens (including phenoxy) is 1. The zero-order chi connectivity index (χ0) is 17.0. The van der Waals surface area contributed by atoms with E-state index < -0.39 is 5.60 Å². The molecule has 0 unspecified atom stereocenters. The molecule has 2 aromatic rings. The zero-order valence-corrected chi connectivity index (χ0v) is 14.0. The molecule has 6 heteroatoms. The number of urea groups is 1. The highest BCUT2D eigenvalue weighted by Gasteiger charge is 2.29. The van der Waals surface area contributed by atoms with Gasteiger partial charge in [0.2, 0.25) is 0 Å². The van der Waals surface area contributed by atoms with Crippen molar-refractivity contribution in [2.24, 2.45) is 0 Å². The lowest BCUT2D eigenvalue weighted by atomic mass is 9.94. The first kappa shape index (κ1) is 16.8. The Labute approximate surface area is 141 Å². The SMILES string of the molecule is Cc1cccc2[nH]cc(CCNC(=O)NCC3(O)CCOCC3)c12. The number of carbonyl (C=O) groups excluding carboxylic acids is 1. The predicted octanol–water partition coefficient (Wildman–Crippen LogP) is 1.86. The van der Waals surface area contributed by atoms with Crippen LogP contribution in [0, 0.1) is 6.92 Å². The molecule has 0 atom stereocenters. The second kappa shape index (κ2) is 7.23. The summed E-state index contributed by atoms with van der Waals surface area (Å²) in [5, 5.41) is 17.2. The van der Waals surface area contributed by atoms with Gasteiger partial charge in [-0.3, -0.25) is 0 Å². The third kappa shape index (κ3) is 3.88. The second-order valence-electron chi connectivity index (χ2n) is 6.51. The number of aliphatic hydroxyl groups is 1. The maximum absolute atomic E-state index is 11.9. The molecule has 0 spiro atoms. The van der Waals surface area contributed by atoms with Gasteiger partial charge in [0.05, 0.1) is 5.60 Å². The van der Waals surface area contributed by atoms with E-state index in [9.17, 15) is 9.90 Å².